The van der Waals surface area contributed by atoms with E-state index < -0.39 is 0 Å². The van der Waals surface area contributed by atoms with E-state index in [4.69, 9.17) is 0 Å². The van der Waals surface area contributed by atoms with E-state index >= 15 is 0 Å². The number of piperazine rings is 1. The van der Waals surface area contributed by atoms with Crippen LogP contribution in [-0.2, 0) is 11.3 Å². The third-order valence-electron chi connectivity index (χ3n) is 7.03. The van der Waals surface area contributed by atoms with Crippen LogP contribution in [0.4, 0.5) is 0 Å². The SMILES string of the molecule is O=C1CCCN1CC1(CCN2CCN(Cc3ccccc3)CC2)CCCC1. The number of rotatable bonds is 7. The van der Waals surface area contributed by atoms with E-state index in [1.807, 2.05) is 0 Å². The van der Waals surface area contributed by atoms with Crippen LogP contribution >= 0.6 is 0 Å². The average Bonchev–Trinajstić information content (AvgIpc) is 3.32. The van der Waals surface area contributed by atoms with E-state index in [1.54, 1.807) is 0 Å². The Balaban J connectivity index is 1.24. The van der Waals surface area contributed by atoms with Gasteiger partial charge in [-0.15, -0.1) is 0 Å². The molecule has 4 rings (SSSR count). The van der Waals surface area contributed by atoms with Gasteiger partial charge in [-0.2, -0.15) is 0 Å². The average molecular weight is 370 g/mol. The number of likely N-dealkylation sites (tertiary alicyclic amines) is 1. The van der Waals surface area contributed by atoms with Crippen molar-refractivity contribution in [2.45, 2.75) is 51.5 Å². The highest BCUT2D eigenvalue weighted by molar-refractivity contribution is 5.78. The zero-order valence-electron chi connectivity index (χ0n) is 16.7. The summed E-state index contributed by atoms with van der Waals surface area (Å²) in [6, 6.07) is 10.8. The summed E-state index contributed by atoms with van der Waals surface area (Å²) < 4.78 is 0. The van der Waals surface area contributed by atoms with Gasteiger partial charge >= 0.3 is 0 Å². The fraction of sp³-hybridized carbons (Fsp3) is 0.696. The summed E-state index contributed by atoms with van der Waals surface area (Å²) in [5, 5.41) is 0. The monoisotopic (exact) mass is 369 g/mol. The van der Waals surface area contributed by atoms with Crippen molar-refractivity contribution in [2.24, 2.45) is 5.41 Å². The molecule has 1 amide bonds. The fourth-order valence-electron chi connectivity index (χ4n) is 5.30. The van der Waals surface area contributed by atoms with E-state index in [2.05, 4.69) is 45.0 Å². The lowest BCUT2D eigenvalue weighted by Gasteiger charge is -2.38. The highest BCUT2D eigenvalue weighted by Crippen LogP contribution is 2.42. The van der Waals surface area contributed by atoms with Crippen LogP contribution in [0, 0.1) is 5.41 Å². The minimum absolute atomic E-state index is 0.399. The number of carbonyl (C=O) groups excluding carboxylic acids is 1. The Hall–Kier alpha value is -1.39. The third-order valence-corrected chi connectivity index (χ3v) is 7.03. The smallest absolute Gasteiger partial charge is 0.222 e. The summed E-state index contributed by atoms with van der Waals surface area (Å²) >= 11 is 0. The molecule has 1 aliphatic carbocycles. The van der Waals surface area contributed by atoms with Crippen LogP contribution in [0.2, 0.25) is 0 Å². The van der Waals surface area contributed by atoms with Crippen LogP contribution in [0.1, 0.15) is 50.5 Å². The lowest BCUT2D eigenvalue weighted by atomic mass is 9.82. The molecule has 2 aliphatic heterocycles. The summed E-state index contributed by atoms with van der Waals surface area (Å²) in [5.74, 6) is 0.399. The molecular formula is C23H35N3O. The molecule has 27 heavy (non-hydrogen) atoms. The van der Waals surface area contributed by atoms with Crippen molar-refractivity contribution in [1.29, 1.82) is 0 Å². The van der Waals surface area contributed by atoms with Gasteiger partial charge in [0.1, 0.15) is 0 Å². The van der Waals surface area contributed by atoms with Crippen molar-refractivity contribution >= 4 is 5.91 Å². The van der Waals surface area contributed by atoms with Crippen molar-refractivity contribution in [3.8, 4) is 0 Å². The highest BCUT2D eigenvalue weighted by atomic mass is 16.2. The molecule has 1 aromatic carbocycles. The van der Waals surface area contributed by atoms with Gasteiger partial charge < -0.3 is 9.80 Å². The molecule has 0 unspecified atom stereocenters. The molecule has 1 saturated carbocycles. The molecule has 3 fully saturated rings. The zero-order chi connectivity index (χ0) is 18.5. The van der Waals surface area contributed by atoms with Crippen LogP contribution in [0.15, 0.2) is 30.3 Å². The van der Waals surface area contributed by atoms with E-state index in [1.165, 1.54) is 70.4 Å². The normalized spacial score (nSPS) is 24.0. The standard InChI is InChI=1S/C23H35N3O/c27-22-9-6-13-26(22)20-23(10-4-5-11-23)12-14-24-15-17-25(18-16-24)19-21-7-2-1-3-8-21/h1-3,7-8H,4-6,9-20H2. The predicted octanol–water partition coefficient (Wildman–Crippen LogP) is 3.38. The number of carbonyl (C=O) groups is 1. The van der Waals surface area contributed by atoms with Gasteiger partial charge in [0.05, 0.1) is 0 Å². The first-order valence-corrected chi connectivity index (χ1v) is 11.0. The summed E-state index contributed by atoms with van der Waals surface area (Å²) in [6.45, 7) is 9.03. The van der Waals surface area contributed by atoms with Crippen molar-refractivity contribution in [3.63, 3.8) is 0 Å². The first kappa shape index (κ1) is 18.9. The summed E-state index contributed by atoms with van der Waals surface area (Å²) in [5.41, 5.74) is 1.83. The number of hydrogen-bond acceptors (Lipinski definition) is 3. The highest BCUT2D eigenvalue weighted by Gasteiger charge is 2.38. The predicted molar refractivity (Wildman–Crippen MR) is 109 cm³/mol. The van der Waals surface area contributed by atoms with E-state index in [0.717, 1.165) is 32.5 Å². The van der Waals surface area contributed by atoms with E-state index in [0.29, 0.717) is 11.3 Å². The second-order valence-corrected chi connectivity index (χ2v) is 8.98. The van der Waals surface area contributed by atoms with E-state index in [-0.39, 0.29) is 0 Å². The number of amides is 1. The van der Waals surface area contributed by atoms with Crippen molar-refractivity contribution in [2.75, 3.05) is 45.8 Å². The number of hydrogen-bond donors (Lipinski definition) is 0. The van der Waals surface area contributed by atoms with Gasteiger partial charge in [0.2, 0.25) is 5.91 Å². The quantitative estimate of drug-likeness (QED) is 0.737. The van der Waals surface area contributed by atoms with Crippen LogP contribution in [0.25, 0.3) is 0 Å². The lowest BCUT2D eigenvalue weighted by Crippen LogP contribution is -2.47. The molecule has 0 spiro atoms. The minimum Gasteiger partial charge on any atom is -0.342 e. The molecule has 0 N–H and O–H groups in total. The molecule has 2 saturated heterocycles. The summed E-state index contributed by atoms with van der Waals surface area (Å²) in [7, 11) is 0. The Bertz CT molecular complexity index is 603. The Morgan fingerprint density at radius 1 is 0.852 bits per heavy atom. The van der Waals surface area contributed by atoms with Crippen molar-refractivity contribution in [3.05, 3.63) is 35.9 Å². The molecule has 0 radical (unpaired) electrons. The van der Waals surface area contributed by atoms with Crippen molar-refractivity contribution < 1.29 is 4.79 Å². The van der Waals surface area contributed by atoms with Gasteiger partial charge in [-0.1, -0.05) is 43.2 Å². The topological polar surface area (TPSA) is 26.8 Å². The maximum Gasteiger partial charge on any atom is 0.222 e. The Labute approximate surface area is 164 Å². The van der Waals surface area contributed by atoms with Gasteiger partial charge in [-0.25, -0.2) is 0 Å². The first-order chi connectivity index (χ1) is 13.2. The van der Waals surface area contributed by atoms with Gasteiger partial charge in [0.25, 0.3) is 0 Å². The number of nitrogens with zero attached hydrogens (tertiary/aromatic N) is 3. The van der Waals surface area contributed by atoms with Crippen LogP contribution < -0.4 is 0 Å². The largest absolute Gasteiger partial charge is 0.342 e. The summed E-state index contributed by atoms with van der Waals surface area (Å²) in [6.07, 6.45) is 8.47. The molecule has 0 atom stereocenters. The molecule has 0 aromatic heterocycles. The fourth-order valence-corrected chi connectivity index (χ4v) is 5.30. The Morgan fingerprint density at radius 3 is 2.22 bits per heavy atom. The first-order valence-electron chi connectivity index (χ1n) is 11.0. The third kappa shape index (κ3) is 4.91. The number of benzene rings is 1. The molecule has 4 heteroatoms. The molecule has 0 bridgehead atoms. The molecular weight excluding hydrogens is 334 g/mol. The Kier molecular flexibility index (Phi) is 6.14. The van der Waals surface area contributed by atoms with Crippen LogP contribution in [-0.4, -0.2) is 66.4 Å². The van der Waals surface area contributed by atoms with Gasteiger partial charge in [0, 0.05) is 52.2 Å². The van der Waals surface area contributed by atoms with Crippen LogP contribution in [0.5, 0.6) is 0 Å². The molecule has 1 aromatic rings. The second kappa shape index (κ2) is 8.74. The minimum atomic E-state index is 0.399. The van der Waals surface area contributed by atoms with E-state index in [9.17, 15) is 4.79 Å². The molecule has 3 aliphatic rings. The second-order valence-electron chi connectivity index (χ2n) is 8.98. The Morgan fingerprint density at radius 2 is 1.56 bits per heavy atom. The summed E-state index contributed by atoms with van der Waals surface area (Å²) in [4.78, 5) is 19.5. The van der Waals surface area contributed by atoms with Crippen LogP contribution in [0.3, 0.4) is 0 Å². The zero-order valence-corrected chi connectivity index (χ0v) is 16.7. The van der Waals surface area contributed by atoms with Gasteiger partial charge in [-0.05, 0) is 43.2 Å². The van der Waals surface area contributed by atoms with Crippen molar-refractivity contribution in [1.82, 2.24) is 14.7 Å². The molecule has 148 valence electrons. The molecule has 2 heterocycles. The maximum atomic E-state index is 12.1. The van der Waals surface area contributed by atoms with Gasteiger partial charge in [-0.3, -0.25) is 9.69 Å². The molecule has 4 nitrogen and oxygen atoms in total. The van der Waals surface area contributed by atoms with Gasteiger partial charge in [0.15, 0.2) is 0 Å². The maximum absolute atomic E-state index is 12.1. The lowest BCUT2D eigenvalue weighted by molar-refractivity contribution is -0.129.